The molecule has 0 spiro atoms. The quantitative estimate of drug-likeness (QED) is 0.767. The van der Waals surface area contributed by atoms with E-state index in [1.807, 2.05) is 13.0 Å². The van der Waals surface area contributed by atoms with Crippen molar-refractivity contribution < 1.29 is 4.74 Å². The molecule has 1 atom stereocenters. The van der Waals surface area contributed by atoms with Gasteiger partial charge < -0.3 is 10.1 Å². The monoisotopic (exact) mass is 209 g/mol. The molecule has 0 fully saturated rings. The molecule has 1 aromatic rings. The number of hydrogen-bond acceptors (Lipinski definition) is 4. The second kappa shape index (κ2) is 6.48. The third-order valence-corrected chi connectivity index (χ3v) is 2.22. The smallest absolute Gasteiger partial charge is 0.125 e. The van der Waals surface area contributed by atoms with Crippen LogP contribution < -0.4 is 5.32 Å². The fraction of sp³-hybridized carbons (Fsp3) is 0.636. The average Bonchev–Trinajstić information content (AvgIpc) is 2.23. The Kier molecular flexibility index (Phi) is 5.21. The molecule has 1 aromatic heterocycles. The molecule has 1 unspecified atom stereocenters. The summed E-state index contributed by atoms with van der Waals surface area (Å²) in [5.41, 5.74) is 1.03. The van der Waals surface area contributed by atoms with Gasteiger partial charge >= 0.3 is 0 Å². The summed E-state index contributed by atoms with van der Waals surface area (Å²) in [4.78, 5) is 8.38. The first-order valence-electron chi connectivity index (χ1n) is 5.23. The molecule has 4 nitrogen and oxygen atoms in total. The maximum absolute atomic E-state index is 5.02. The number of nitrogens with zero attached hydrogens (tertiary/aromatic N) is 2. The number of aryl methyl sites for hydroxylation is 1. The van der Waals surface area contributed by atoms with Gasteiger partial charge in [0.25, 0.3) is 0 Å². The lowest BCUT2D eigenvalue weighted by molar-refractivity contribution is 0.184. The molecule has 0 aliphatic rings. The lowest BCUT2D eigenvalue weighted by atomic mass is 10.2. The largest absolute Gasteiger partial charge is 0.385 e. The van der Waals surface area contributed by atoms with Gasteiger partial charge in [0.15, 0.2) is 0 Å². The van der Waals surface area contributed by atoms with Crippen LogP contribution in [0, 0.1) is 6.92 Å². The Morgan fingerprint density at radius 2 is 2.33 bits per heavy atom. The Labute approximate surface area is 91.1 Å². The molecule has 0 saturated heterocycles. The normalized spacial score (nSPS) is 12.7. The molecule has 0 bridgehead atoms. The minimum atomic E-state index is 0.445. The third kappa shape index (κ3) is 4.85. The van der Waals surface area contributed by atoms with Gasteiger partial charge in [0, 0.05) is 32.5 Å². The summed E-state index contributed by atoms with van der Waals surface area (Å²) in [6, 6.07) is 2.38. The molecule has 0 saturated carbocycles. The molecular weight excluding hydrogens is 190 g/mol. The zero-order valence-corrected chi connectivity index (χ0v) is 9.66. The van der Waals surface area contributed by atoms with E-state index in [0.717, 1.165) is 31.1 Å². The average molecular weight is 209 g/mol. The van der Waals surface area contributed by atoms with E-state index in [9.17, 15) is 0 Å². The molecule has 4 heteroatoms. The van der Waals surface area contributed by atoms with Crippen LogP contribution in [0.1, 0.15) is 24.9 Å². The fourth-order valence-electron chi connectivity index (χ4n) is 1.28. The topological polar surface area (TPSA) is 47.0 Å². The molecule has 1 heterocycles. The molecule has 1 rings (SSSR count). The van der Waals surface area contributed by atoms with Crippen LogP contribution in [0.3, 0.4) is 0 Å². The van der Waals surface area contributed by atoms with Crippen LogP contribution in [0.4, 0.5) is 0 Å². The van der Waals surface area contributed by atoms with Crippen molar-refractivity contribution in [1.82, 2.24) is 15.3 Å². The van der Waals surface area contributed by atoms with Crippen molar-refractivity contribution in [2.45, 2.75) is 32.9 Å². The highest BCUT2D eigenvalue weighted by Crippen LogP contribution is 1.97. The van der Waals surface area contributed by atoms with Crippen molar-refractivity contribution in [2.75, 3.05) is 13.7 Å². The molecule has 0 aliphatic heterocycles. The van der Waals surface area contributed by atoms with Gasteiger partial charge in [-0.15, -0.1) is 0 Å². The van der Waals surface area contributed by atoms with E-state index in [1.54, 1.807) is 13.3 Å². The Balaban J connectivity index is 2.30. The molecule has 1 N–H and O–H groups in total. The molecule has 15 heavy (non-hydrogen) atoms. The second-order valence-corrected chi connectivity index (χ2v) is 3.66. The second-order valence-electron chi connectivity index (χ2n) is 3.66. The molecular formula is C11H19N3O. The third-order valence-electron chi connectivity index (χ3n) is 2.22. The molecule has 84 valence electrons. The zero-order chi connectivity index (χ0) is 11.1. The lowest BCUT2D eigenvalue weighted by Crippen LogP contribution is -2.27. The van der Waals surface area contributed by atoms with Crippen LogP contribution in [0.5, 0.6) is 0 Å². The van der Waals surface area contributed by atoms with Crippen molar-refractivity contribution in [1.29, 1.82) is 0 Å². The highest BCUT2D eigenvalue weighted by Gasteiger charge is 2.01. The predicted molar refractivity (Wildman–Crippen MR) is 59.6 cm³/mol. The summed E-state index contributed by atoms with van der Waals surface area (Å²) < 4.78 is 5.02. The number of aromatic nitrogens is 2. The van der Waals surface area contributed by atoms with Gasteiger partial charge in [-0.05, 0) is 26.3 Å². The first-order chi connectivity index (χ1) is 7.22. The van der Waals surface area contributed by atoms with Crippen LogP contribution in [-0.2, 0) is 11.3 Å². The number of methoxy groups -OCH3 is 1. The summed E-state index contributed by atoms with van der Waals surface area (Å²) >= 11 is 0. The van der Waals surface area contributed by atoms with Crippen LogP contribution in [0.2, 0.25) is 0 Å². The van der Waals surface area contributed by atoms with E-state index in [2.05, 4.69) is 22.2 Å². The van der Waals surface area contributed by atoms with E-state index in [0.29, 0.717) is 6.04 Å². The first kappa shape index (κ1) is 12.1. The number of hydrogen-bond donors (Lipinski definition) is 1. The maximum atomic E-state index is 5.02. The minimum Gasteiger partial charge on any atom is -0.385 e. The Morgan fingerprint density at radius 3 is 3.00 bits per heavy atom. The highest BCUT2D eigenvalue weighted by molar-refractivity contribution is 5.01. The summed E-state index contributed by atoms with van der Waals surface area (Å²) in [6.07, 6.45) is 2.81. The van der Waals surface area contributed by atoms with Crippen LogP contribution >= 0.6 is 0 Å². The lowest BCUT2D eigenvalue weighted by Gasteiger charge is -2.12. The number of ether oxygens (including phenoxy) is 1. The Bertz CT molecular complexity index is 291. The van der Waals surface area contributed by atoms with Crippen LogP contribution in [-0.4, -0.2) is 29.7 Å². The summed E-state index contributed by atoms with van der Waals surface area (Å²) in [5.74, 6) is 0.818. The SMILES string of the molecule is COCCC(C)NCc1ccnc(C)n1. The minimum absolute atomic E-state index is 0.445. The van der Waals surface area contributed by atoms with Gasteiger partial charge in [0.2, 0.25) is 0 Å². The highest BCUT2D eigenvalue weighted by atomic mass is 16.5. The zero-order valence-electron chi connectivity index (χ0n) is 9.66. The summed E-state index contributed by atoms with van der Waals surface area (Å²) in [6.45, 7) is 5.62. The van der Waals surface area contributed by atoms with E-state index >= 15 is 0 Å². The first-order valence-corrected chi connectivity index (χ1v) is 5.23. The van der Waals surface area contributed by atoms with Crippen molar-refractivity contribution in [3.8, 4) is 0 Å². The van der Waals surface area contributed by atoms with Crippen LogP contribution in [0.25, 0.3) is 0 Å². The van der Waals surface area contributed by atoms with Crippen molar-refractivity contribution in [3.63, 3.8) is 0 Å². The van der Waals surface area contributed by atoms with Gasteiger partial charge in [-0.3, -0.25) is 0 Å². The van der Waals surface area contributed by atoms with Gasteiger partial charge in [-0.25, -0.2) is 9.97 Å². The van der Waals surface area contributed by atoms with E-state index in [1.165, 1.54) is 0 Å². The Hall–Kier alpha value is -1.00. The van der Waals surface area contributed by atoms with Crippen LogP contribution in [0.15, 0.2) is 12.3 Å². The van der Waals surface area contributed by atoms with Gasteiger partial charge in [-0.1, -0.05) is 0 Å². The maximum Gasteiger partial charge on any atom is 0.125 e. The van der Waals surface area contributed by atoms with E-state index in [4.69, 9.17) is 4.74 Å². The number of nitrogens with one attached hydrogen (secondary N) is 1. The molecule has 0 aliphatic carbocycles. The van der Waals surface area contributed by atoms with Gasteiger partial charge in [0.1, 0.15) is 5.82 Å². The van der Waals surface area contributed by atoms with Crippen molar-refractivity contribution in [2.24, 2.45) is 0 Å². The predicted octanol–water partition coefficient (Wildman–Crippen LogP) is 1.30. The number of rotatable bonds is 6. The summed E-state index contributed by atoms with van der Waals surface area (Å²) in [5, 5.41) is 3.39. The molecule has 0 radical (unpaired) electrons. The van der Waals surface area contributed by atoms with Gasteiger partial charge in [-0.2, -0.15) is 0 Å². The van der Waals surface area contributed by atoms with Crippen molar-refractivity contribution >= 4 is 0 Å². The van der Waals surface area contributed by atoms with Crippen molar-refractivity contribution in [3.05, 3.63) is 23.8 Å². The summed E-state index contributed by atoms with van der Waals surface area (Å²) in [7, 11) is 1.72. The fourth-order valence-corrected chi connectivity index (χ4v) is 1.28. The van der Waals surface area contributed by atoms with E-state index < -0.39 is 0 Å². The molecule has 0 amide bonds. The Morgan fingerprint density at radius 1 is 1.53 bits per heavy atom. The van der Waals surface area contributed by atoms with E-state index in [-0.39, 0.29) is 0 Å². The molecule has 0 aromatic carbocycles. The standard InChI is InChI=1S/C11H19N3O/c1-9(5-7-15-3)13-8-11-4-6-12-10(2)14-11/h4,6,9,13H,5,7-8H2,1-3H3. The van der Waals surface area contributed by atoms with Gasteiger partial charge in [0.05, 0.1) is 5.69 Å².